The molecule has 76 valence electrons. The quantitative estimate of drug-likeness (QED) is 0.511. The average Bonchev–Trinajstić information content (AvgIpc) is 2.00. The summed E-state index contributed by atoms with van der Waals surface area (Å²) >= 11 is 5.18. The molecule has 0 aliphatic rings. The summed E-state index contributed by atoms with van der Waals surface area (Å²) in [5.74, 6) is 0.337. The normalized spacial score (nSPS) is 12.8. The van der Waals surface area contributed by atoms with Gasteiger partial charge in [0.05, 0.1) is 11.0 Å². The van der Waals surface area contributed by atoms with Gasteiger partial charge < -0.3 is 15.7 Å². The Hall–Kier alpha value is -0.125. The minimum atomic E-state index is -0.373. The summed E-state index contributed by atoms with van der Waals surface area (Å²) in [6.07, 6.45) is 0.541. The van der Waals surface area contributed by atoms with Gasteiger partial charge in [-0.25, -0.2) is 0 Å². The molecular weight excluding hydrogens is 183 g/mol. The lowest BCUT2D eigenvalue weighted by molar-refractivity contribution is 0.483. The molecule has 0 aromatic carbocycles. The van der Waals surface area contributed by atoms with Crippen molar-refractivity contribution in [3.63, 3.8) is 0 Å². The summed E-state index contributed by atoms with van der Waals surface area (Å²) in [7, 11) is 1.86. The molecule has 0 saturated carbocycles. The van der Waals surface area contributed by atoms with Crippen LogP contribution in [0.15, 0.2) is 0 Å². The Kier molecular flexibility index (Phi) is 5.52. The van der Waals surface area contributed by atoms with Gasteiger partial charge >= 0.3 is 6.92 Å². The Balaban J connectivity index is 4.09. The maximum atomic E-state index is 9.15. The number of likely N-dealkylation sites (N-methyl/N-ethyl adjacent to an activating group) is 1. The average molecular weight is 202 g/mol. The van der Waals surface area contributed by atoms with Crippen molar-refractivity contribution >= 4 is 24.1 Å². The van der Waals surface area contributed by atoms with Crippen molar-refractivity contribution in [1.29, 1.82) is 0 Å². The van der Waals surface area contributed by atoms with Gasteiger partial charge in [0.1, 0.15) is 0 Å². The first-order valence-corrected chi connectivity index (χ1v) is 4.95. The molecule has 0 unspecified atom stereocenters. The summed E-state index contributed by atoms with van der Waals surface area (Å²) in [4.78, 5) is 2.56. The zero-order valence-electron chi connectivity index (χ0n) is 8.82. The molecule has 0 aliphatic heterocycles. The molecule has 0 aromatic rings. The lowest BCUT2D eigenvalue weighted by Crippen LogP contribution is -2.46. The van der Waals surface area contributed by atoms with Crippen molar-refractivity contribution in [2.24, 2.45) is 11.7 Å². The van der Waals surface area contributed by atoms with Crippen molar-refractivity contribution in [3.05, 3.63) is 0 Å². The highest BCUT2D eigenvalue weighted by molar-refractivity contribution is 7.80. The summed E-state index contributed by atoms with van der Waals surface area (Å²) in [5, 5.41) is 9.15. The van der Waals surface area contributed by atoms with Crippen molar-refractivity contribution in [1.82, 2.24) is 4.90 Å². The molecule has 0 rings (SSSR count). The first-order valence-electron chi connectivity index (χ1n) is 4.55. The van der Waals surface area contributed by atoms with Crippen LogP contribution in [0.1, 0.15) is 13.8 Å². The third kappa shape index (κ3) is 4.59. The van der Waals surface area contributed by atoms with Gasteiger partial charge in [-0.3, -0.25) is 0 Å². The molecule has 3 N–H and O–H groups in total. The second-order valence-electron chi connectivity index (χ2n) is 3.84. The van der Waals surface area contributed by atoms with Crippen LogP contribution < -0.4 is 5.73 Å². The minimum Gasteiger partial charge on any atom is -0.449 e. The number of hydrogen-bond acceptors (Lipinski definition) is 3. The van der Waals surface area contributed by atoms with Crippen LogP contribution in [0.25, 0.3) is 0 Å². The minimum absolute atomic E-state index is 0.0984. The van der Waals surface area contributed by atoms with E-state index in [2.05, 4.69) is 0 Å². The molecule has 3 nitrogen and oxygen atoms in total. The molecule has 0 aromatic heterocycles. The maximum Gasteiger partial charge on any atom is 0.305 e. The predicted octanol–water partition coefficient (Wildman–Crippen LogP) is 0.382. The molecule has 1 atom stereocenters. The highest BCUT2D eigenvalue weighted by Gasteiger charge is 2.18. The Morgan fingerprint density at radius 1 is 1.62 bits per heavy atom. The van der Waals surface area contributed by atoms with E-state index in [1.165, 1.54) is 0 Å². The largest absolute Gasteiger partial charge is 0.449 e. The Labute approximate surface area is 86.4 Å². The fraction of sp³-hybridized carbons (Fsp3) is 0.875. The third-order valence-corrected chi connectivity index (χ3v) is 2.50. The van der Waals surface area contributed by atoms with E-state index >= 15 is 0 Å². The molecule has 0 aliphatic carbocycles. The van der Waals surface area contributed by atoms with Gasteiger partial charge in [-0.2, -0.15) is 0 Å². The molecule has 0 saturated heterocycles. The first-order chi connectivity index (χ1) is 5.86. The van der Waals surface area contributed by atoms with E-state index in [1.807, 2.05) is 25.8 Å². The number of hydrogen-bond donors (Lipinski definition) is 2. The molecular formula is C8H19BN2OS. The molecule has 0 bridgehead atoms. The van der Waals surface area contributed by atoms with Gasteiger partial charge in [0.15, 0.2) is 0 Å². The van der Waals surface area contributed by atoms with Gasteiger partial charge in [-0.15, -0.1) is 0 Å². The zero-order chi connectivity index (χ0) is 10.6. The van der Waals surface area contributed by atoms with Gasteiger partial charge in [-0.1, -0.05) is 32.9 Å². The van der Waals surface area contributed by atoms with Crippen LogP contribution in [0.5, 0.6) is 0 Å². The molecule has 0 amide bonds. The number of rotatable bonds is 4. The third-order valence-electron chi connectivity index (χ3n) is 1.92. The first kappa shape index (κ1) is 12.9. The lowest BCUT2D eigenvalue weighted by atomic mass is 9.71. The van der Waals surface area contributed by atoms with E-state index in [1.54, 1.807) is 6.82 Å². The number of nitrogens with zero attached hydrogens (tertiary/aromatic N) is 1. The number of thiocarbonyl (C=S) groups is 1. The smallest absolute Gasteiger partial charge is 0.305 e. The van der Waals surface area contributed by atoms with E-state index in [9.17, 15) is 0 Å². The van der Waals surface area contributed by atoms with Crippen molar-refractivity contribution in [2.45, 2.75) is 26.7 Å². The van der Waals surface area contributed by atoms with Crippen LogP contribution in [-0.2, 0) is 0 Å². The highest BCUT2D eigenvalue weighted by Crippen LogP contribution is 2.04. The van der Waals surface area contributed by atoms with E-state index < -0.39 is 0 Å². The monoisotopic (exact) mass is 202 g/mol. The fourth-order valence-corrected chi connectivity index (χ4v) is 1.37. The molecule has 5 heteroatoms. The molecule has 13 heavy (non-hydrogen) atoms. The maximum absolute atomic E-state index is 9.15. The SMILES string of the molecule is CB(O)CN(C)C(=S)[C@@H](N)C(C)C. The molecule has 0 heterocycles. The van der Waals surface area contributed by atoms with Crippen LogP contribution >= 0.6 is 12.2 Å². The van der Waals surface area contributed by atoms with Gasteiger partial charge in [0.2, 0.25) is 0 Å². The van der Waals surface area contributed by atoms with Crippen LogP contribution in [0.2, 0.25) is 6.82 Å². The van der Waals surface area contributed by atoms with E-state index in [0.29, 0.717) is 12.4 Å². The topological polar surface area (TPSA) is 49.5 Å². The zero-order valence-corrected chi connectivity index (χ0v) is 9.64. The predicted molar refractivity (Wildman–Crippen MR) is 61.9 cm³/mol. The summed E-state index contributed by atoms with van der Waals surface area (Å²) in [6, 6.07) is -0.0984. The van der Waals surface area contributed by atoms with Crippen LogP contribution in [0.4, 0.5) is 0 Å². The Morgan fingerprint density at radius 2 is 2.08 bits per heavy atom. The number of nitrogens with two attached hydrogens (primary N) is 1. The summed E-state index contributed by atoms with van der Waals surface area (Å²) in [5.41, 5.74) is 5.87. The lowest BCUT2D eigenvalue weighted by Gasteiger charge is -2.26. The standard InChI is InChI=1S/C8H19BN2OS/c1-6(2)7(10)8(13)11(4)5-9(3)12/h6-7,12H,5,10H2,1-4H3/t7-/m0/s1. The second kappa shape index (κ2) is 5.57. The van der Waals surface area contributed by atoms with E-state index in [4.69, 9.17) is 23.0 Å². The Bertz CT molecular complexity index is 176. The van der Waals surface area contributed by atoms with Gasteiger partial charge in [0.25, 0.3) is 0 Å². The summed E-state index contributed by atoms with van der Waals surface area (Å²) in [6.45, 7) is 5.43. The van der Waals surface area contributed by atoms with Crippen molar-refractivity contribution in [3.8, 4) is 0 Å². The molecule has 0 spiro atoms. The van der Waals surface area contributed by atoms with Gasteiger partial charge in [-0.05, 0) is 5.92 Å². The fourth-order valence-electron chi connectivity index (χ4n) is 1.03. The van der Waals surface area contributed by atoms with Crippen LogP contribution in [-0.4, -0.2) is 41.4 Å². The van der Waals surface area contributed by atoms with E-state index in [-0.39, 0.29) is 13.0 Å². The highest BCUT2D eigenvalue weighted by atomic mass is 32.1. The van der Waals surface area contributed by atoms with Crippen molar-refractivity contribution < 1.29 is 5.02 Å². The van der Waals surface area contributed by atoms with Crippen molar-refractivity contribution in [2.75, 3.05) is 13.5 Å². The molecule has 0 fully saturated rings. The summed E-state index contributed by atoms with van der Waals surface area (Å²) < 4.78 is 0. The van der Waals surface area contributed by atoms with Crippen LogP contribution in [0, 0.1) is 5.92 Å². The van der Waals surface area contributed by atoms with E-state index in [0.717, 1.165) is 4.99 Å². The Morgan fingerprint density at radius 3 is 2.38 bits per heavy atom. The van der Waals surface area contributed by atoms with Crippen LogP contribution in [0.3, 0.4) is 0 Å². The van der Waals surface area contributed by atoms with Gasteiger partial charge in [0, 0.05) is 13.5 Å². The molecule has 0 radical (unpaired) electrons. The second-order valence-corrected chi connectivity index (χ2v) is 4.26.